The summed E-state index contributed by atoms with van der Waals surface area (Å²) in [7, 11) is 0. The van der Waals surface area contributed by atoms with E-state index in [0.717, 1.165) is 12.8 Å². The van der Waals surface area contributed by atoms with Gasteiger partial charge >= 0.3 is 0 Å². The van der Waals surface area contributed by atoms with Gasteiger partial charge in [0.15, 0.2) is 0 Å². The van der Waals surface area contributed by atoms with E-state index in [2.05, 4.69) is 26.8 Å². The number of carbonyl (C=O) groups is 1. The maximum absolute atomic E-state index is 12.6. The molecule has 0 aromatic carbocycles. The van der Waals surface area contributed by atoms with Gasteiger partial charge in [-0.1, -0.05) is 18.6 Å². The zero-order valence-corrected chi connectivity index (χ0v) is 11.3. The Balaban J connectivity index is 1.90. The molecule has 98 valence electrons. The highest BCUT2D eigenvalue weighted by Crippen LogP contribution is 2.69. The van der Waals surface area contributed by atoms with Gasteiger partial charge in [0, 0.05) is 11.8 Å². The van der Waals surface area contributed by atoms with Gasteiger partial charge in [-0.3, -0.25) is 4.79 Å². The molecule has 3 heteroatoms. The van der Waals surface area contributed by atoms with Gasteiger partial charge in [-0.05, 0) is 26.7 Å². The Hall–Kier alpha value is -0.670. The third-order valence-electron chi connectivity index (χ3n) is 6.31. The highest BCUT2D eigenvalue weighted by atomic mass is 16.6. The number of Topliss-reactive ketones (excluding diaryl/α,β-unsaturated/α-hetero) is 1. The molecule has 0 amide bonds. The maximum Gasteiger partial charge on any atom is 0.145 e. The van der Waals surface area contributed by atoms with Crippen LogP contribution in [0, 0.1) is 10.8 Å². The molecular formula is C15H20O3. The molecule has 2 bridgehead atoms. The highest BCUT2D eigenvalue weighted by Gasteiger charge is 2.80. The lowest BCUT2D eigenvalue weighted by molar-refractivity contribution is -0.191. The van der Waals surface area contributed by atoms with E-state index in [1.165, 1.54) is 5.57 Å². The van der Waals surface area contributed by atoms with Crippen molar-refractivity contribution in [3.63, 3.8) is 0 Å². The Labute approximate surface area is 108 Å². The summed E-state index contributed by atoms with van der Waals surface area (Å²) >= 11 is 0. The summed E-state index contributed by atoms with van der Waals surface area (Å²) in [6.45, 7) is 7.22. The lowest BCUT2D eigenvalue weighted by atomic mass is 9.52. The normalized spacial score (nSPS) is 57.5. The van der Waals surface area contributed by atoms with Gasteiger partial charge in [0.05, 0.1) is 24.2 Å². The van der Waals surface area contributed by atoms with Crippen molar-refractivity contribution in [3.8, 4) is 0 Å². The van der Waals surface area contributed by atoms with Gasteiger partial charge < -0.3 is 9.47 Å². The molecule has 1 spiro atoms. The van der Waals surface area contributed by atoms with E-state index in [1.807, 2.05) is 0 Å². The topological polar surface area (TPSA) is 38.8 Å². The molecule has 3 nitrogen and oxygen atoms in total. The Morgan fingerprint density at radius 3 is 2.78 bits per heavy atom. The van der Waals surface area contributed by atoms with E-state index >= 15 is 0 Å². The van der Waals surface area contributed by atoms with Crippen LogP contribution >= 0.6 is 0 Å². The second-order valence-corrected chi connectivity index (χ2v) is 6.91. The SMILES string of the molecule is CC1=C[C@H]2O[C@@H]3CC(=O)[C@@](C)(C34CO4)[C@@]2(C)CC1. The number of ketones is 1. The number of allylic oxidation sites excluding steroid dienone is 1. The summed E-state index contributed by atoms with van der Waals surface area (Å²) in [6, 6.07) is 0. The monoisotopic (exact) mass is 248 g/mol. The van der Waals surface area contributed by atoms with E-state index in [0.29, 0.717) is 18.8 Å². The second-order valence-electron chi connectivity index (χ2n) is 6.91. The molecule has 0 N–H and O–H groups in total. The van der Waals surface area contributed by atoms with E-state index in [4.69, 9.17) is 9.47 Å². The zero-order valence-electron chi connectivity index (χ0n) is 11.3. The Bertz CT molecular complexity index is 476. The Kier molecular flexibility index (Phi) is 1.81. The first-order chi connectivity index (χ1) is 8.44. The summed E-state index contributed by atoms with van der Waals surface area (Å²) in [6.07, 6.45) is 4.94. The molecule has 4 aliphatic rings. The van der Waals surface area contributed by atoms with Gasteiger partial charge in [0.2, 0.25) is 0 Å². The van der Waals surface area contributed by atoms with Crippen molar-refractivity contribution in [2.24, 2.45) is 10.8 Å². The number of fused-ring (bicyclic) bond motifs is 2. The van der Waals surface area contributed by atoms with Crippen LogP contribution in [0.25, 0.3) is 0 Å². The summed E-state index contributed by atoms with van der Waals surface area (Å²) in [5.74, 6) is 0.350. The molecule has 3 fully saturated rings. The predicted octanol–water partition coefficient (Wildman–Crippen LogP) is 2.25. The average molecular weight is 248 g/mol. The summed E-state index contributed by atoms with van der Waals surface area (Å²) in [5, 5.41) is 0. The van der Waals surface area contributed by atoms with Gasteiger partial charge in [-0.2, -0.15) is 0 Å². The Morgan fingerprint density at radius 1 is 1.39 bits per heavy atom. The number of hydrogen-bond donors (Lipinski definition) is 0. The van der Waals surface area contributed by atoms with Crippen LogP contribution in [0.3, 0.4) is 0 Å². The fourth-order valence-corrected chi connectivity index (χ4v) is 4.63. The van der Waals surface area contributed by atoms with Crippen LogP contribution in [0.5, 0.6) is 0 Å². The summed E-state index contributed by atoms with van der Waals surface area (Å²) in [4.78, 5) is 12.6. The van der Waals surface area contributed by atoms with Crippen LogP contribution in [-0.2, 0) is 14.3 Å². The van der Waals surface area contributed by atoms with Gasteiger partial charge in [-0.15, -0.1) is 0 Å². The molecule has 5 atom stereocenters. The molecule has 0 aromatic heterocycles. The lowest BCUT2D eigenvalue weighted by Gasteiger charge is -2.55. The van der Waals surface area contributed by atoms with E-state index in [1.54, 1.807) is 0 Å². The number of hydrogen-bond acceptors (Lipinski definition) is 3. The number of epoxide rings is 1. The maximum atomic E-state index is 12.6. The van der Waals surface area contributed by atoms with Crippen LogP contribution in [0.15, 0.2) is 11.6 Å². The third-order valence-corrected chi connectivity index (χ3v) is 6.31. The molecule has 1 saturated carbocycles. The molecule has 0 aromatic rings. The van der Waals surface area contributed by atoms with E-state index < -0.39 is 0 Å². The van der Waals surface area contributed by atoms with Crippen molar-refractivity contribution in [1.29, 1.82) is 0 Å². The number of ether oxygens (including phenoxy) is 2. The average Bonchev–Trinajstić information content (AvgIpc) is 3.08. The third kappa shape index (κ3) is 0.925. The van der Waals surface area contributed by atoms with E-state index in [-0.39, 0.29) is 28.6 Å². The van der Waals surface area contributed by atoms with Crippen molar-refractivity contribution in [1.82, 2.24) is 0 Å². The largest absolute Gasteiger partial charge is 0.367 e. The molecule has 2 aliphatic carbocycles. The minimum atomic E-state index is -0.356. The van der Waals surface area contributed by atoms with Crippen LogP contribution in [0.2, 0.25) is 0 Å². The van der Waals surface area contributed by atoms with Crippen molar-refractivity contribution in [2.45, 2.75) is 57.8 Å². The predicted molar refractivity (Wildman–Crippen MR) is 66.2 cm³/mol. The zero-order chi connectivity index (χ0) is 12.8. The second kappa shape index (κ2) is 2.91. The number of rotatable bonds is 0. The quantitative estimate of drug-likeness (QED) is 0.487. The smallest absolute Gasteiger partial charge is 0.145 e. The van der Waals surface area contributed by atoms with Crippen LogP contribution in [0.4, 0.5) is 0 Å². The first kappa shape index (κ1) is 11.2. The van der Waals surface area contributed by atoms with Crippen LogP contribution < -0.4 is 0 Å². The molecule has 2 aliphatic heterocycles. The highest BCUT2D eigenvalue weighted by molar-refractivity contribution is 5.92. The standard InChI is InChI=1S/C15H20O3/c1-9-4-5-13(2)11(6-9)18-12-7-10(16)14(13,3)15(12)8-17-15/h6,11-12H,4-5,7-8H2,1-3H3/t11-,12-,13+,14-,15?/m1/s1. The van der Waals surface area contributed by atoms with Crippen molar-refractivity contribution in [2.75, 3.05) is 6.61 Å². The minimum Gasteiger partial charge on any atom is -0.367 e. The lowest BCUT2D eigenvalue weighted by Crippen LogP contribution is -2.62. The fourth-order valence-electron chi connectivity index (χ4n) is 4.63. The van der Waals surface area contributed by atoms with Crippen molar-refractivity contribution < 1.29 is 14.3 Å². The van der Waals surface area contributed by atoms with Gasteiger partial charge in [0.1, 0.15) is 11.4 Å². The molecule has 2 saturated heterocycles. The van der Waals surface area contributed by atoms with Crippen LogP contribution in [-0.4, -0.2) is 30.2 Å². The summed E-state index contributed by atoms with van der Waals surface area (Å²) < 4.78 is 12.0. The first-order valence-corrected chi connectivity index (χ1v) is 6.94. The molecular weight excluding hydrogens is 228 g/mol. The van der Waals surface area contributed by atoms with Gasteiger partial charge in [-0.25, -0.2) is 0 Å². The van der Waals surface area contributed by atoms with E-state index in [9.17, 15) is 4.79 Å². The minimum absolute atomic E-state index is 0.0183. The van der Waals surface area contributed by atoms with Crippen molar-refractivity contribution in [3.05, 3.63) is 11.6 Å². The molecule has 0 radical (unpaired) electrons. The molecule has 2 heterocycles. The number of carbonyl (C=O) groups excluding carboxylic acids is 1. The molecule has 4 rings (SSSR count). The molecule has 1 unspecified atom stereocenters. The summed E-state index contributed by atoms with van der Waals surface area (Å²) in [5.41, 5.74) is 0.632. The first-order valence-electron chi connectivity index (χ1n) is 6.94. The van der Waals surface area contributed by atoms with Crippen LogP contribution in [0.1, 0.15) is 40.0 Å². The fraction of sp³-hybridized carbons (Fsp3) is 0.800. The van der Waals surface area contributed by atoms with Crippen molar-refractivity contribution >= 4 is 5.78 Å². The van der Waals surface area contributed by atoms with Gasteiger partial charge in [0.25, 0.3) is 0 Å². The Morgan fingerprint density at radius 2 is 2.11 bits per heavy atom. The molecule has 18 heavy (non-hydrogen) atoms.